The number of nitrogens with one attached hydrogen (secondary N) is 3. The third-order valence-corrected chi connectivity index (χ3v) is 8.19. The van der Waals surface area contributed by atoms with Crippen molar-refractivity contribution in [3.8, 4) is 11.1 Å². The first-order valence-corrected chi connectivity index (χ1v) is 13.8. The van der Waals surface area contributed by atoms with E-state index in [1.54, 1.807) is 13.8 Å². The lowest BCUT2D eigenvalue weighted by Crippen LogP contribution is -2.49. The average Bonchev–Trinajstić information content (AvgIpc) is 3.68. The van der Waals surface area contributed by atoms with Crippen LogP contribution in [0.5, 0.6) is 0 Å². The van der Waals surface area contributed by atoms with Crippen LogP contribution in [0.15, 0.2) is 77.4 Å². The van der Waals surface area contributed by atoms with E-state index in [1.165, 1.54) is 16.7 Å². The van der Waals surface area contributed by atoms with Crippen LogP contribution in [-0.2, 0) is 0 Å². The summed E-state index contributed by atoms with van der Waals surface area (Å²) in [6.45, 7) is 6.35. The number of fused-ring (bicyclic) bond motifs is 4. The van der Waals surface area contributed by atoms with E-state index in [1.807, 2.05) is 41.4 Å². The Bertz CT molecular complexity index is 1780. The molecule has 2 aromatic heterocycles. The molecule has 0 radical (unpaired) electrons. The number of rotatable bonds is 4. The van der Waals surface area contributed by atoms with Crippen molar-refractivity contribution in [2.45, 2.75) is 19.9 Å². The summed E-state index contributed by atoms with van der Waals surface area (Å²) >= 11 is 0. The number of carbonyl (C=O) groups is 2. The molecule has 1 aliphatic heterocycles. The number of aryl methyl sites for hydroxylation is 2. The molecular formula is C32H30N6O3. The minimum Gasteiger partial charge on any atom is -0.361 e. The van der Waals surface area contributed by atoms with Crippen LogP contribution >= 0.6 is 0 Å². The number of hydrogen-bond acceptors (Lipinski definition) is 5. The third kappa shape index (κ3) is 4.44. The highest BCUT2D eigenvalue weighted by Crippen LogP contribution is 2.47. The average molecular weight is 547 g/mol. The molecule has 3 heterocycles. The normalized spacial score (nSPS) is 16.4. The number of piperazine rings is 1. The second-order valence-electron chi connectivity index (χ2n) is 10.7. The maximum Gasteiger partial charge on any atom is 0.323 e. The zero-order valence-electron chi connectivity index (χ0n) is 22.9. The van der Waals surface area contributed by atoms with Gasteiger partial charge in [-0.2, -0.15) is 0 Å². The second kappa shape index (κ2) is 9.94. The minimum atomic E-state index is -0.351. The monoisotopic (exact) mass is 546 g/mol. The standard InChI is InChI=1S/C32H30N6O3/c1-19-29(20(2)41-36-19)35-32(40)34-23-8-9-25-24-5-3-4-6-26(24)30(27(25)18-23)37-13-15-38(16-14-37)31(39)22-7-10-28-21(17-22)11-12-33-28/h3-12,17-18,30,33H,13-16H2,1-2H3,(H2,34,35,40). The van der Waals surface area contributed by atoms with E-state index in [0.29, 0.717) is 41.5 Å². The molecule has 0 spiro atoms. The summed E-state index contributed by atoms with van der Waals surface area (Å²) in [6.07, 6.45) is 1.89. The largest absolute Gasteiger partial charge is 0.361 e. The Labute approximate surface area is 237 Å². The summed E-state index contributed by atoms with van der Waals surface area (Å²) in [5, 5.41) is 10.8. The first-order chi connectivity index (χ1) is 20.0. The Morgan fingerprint density at radius 1 is 0.902 bits per heavy atom. The Balaban J connectivity index is 1.10. The van der Waals surface area contributed by atoms with Crippen LogP contribution in [-0.4, -0.2) is 58.1 Å². The van der Waals surface area contributed by atoms with Gasteiger partial charge in [-0.05, 0) is 72.5 Å². The predicted molar refractivity (Wildman–Crippen MR) is 158 cm³/mol. The number of hydrogen-bond donors (Lipinski definition) is 3. The van der Waals surface area contributed by atoms with E-state index in [0.717, 1.165) is 29.6 Å². The zero-order valence-corrected chi connectivity index (χ0v) is 22.9. The van der Waals surface area contributed by atoms with E-state index < -0.39 is 0 Å². The Morgan fingerprint density at radius 2 is 1.71 bits per heavy atom. The van der Waals surface area contributed by atoms with Crippen molar-refractivity contribution in [3.63, 3.8) is 0 Å². The van der Waals surface area contributed by atoms with Crippen LogP contribution in [0.2, 0.25) is 0 Å². The molecule has 1 aliphatic carbocycles. The van der Waals surface area contributed by atoms with E-state index in [4.69, 9.17) is 4.52 Å². The molecule has 9 nitrogen and oxygen atoms in total. The van der Waals surface area contributed by atoms with E-state index in [9.17, 15) is 9.59 Å². The van der Waals surface area contributed by atoms with Crippen LogP contribution in [0, 0.1) is 13.8 Å². The molecule has 3 aromatic carbocycles. The quantitative estimate of drug-likeness (QED) is 0.259. The number of H-pyrrole nitrogens is 1. The number of anilines is 2. The number of benzene rings is 3. The fraction of sp³-hybridized carbons (Fsp3) is 0.219. The fourth-order valence-corrected chi connectivity index (χ4v) is 6.14. The summed E-state index contributed by atoms with van der Waals surface area (Å²) in [4.78, 5) is 33.7. The second-order valence-corrected chi connectivity index (χ2v) is 10.7. The summed E-state index contributed by atoms with van der Waals surface area (Å²) in [5.41, 5.74) is 8.43. The SMILES string of the molecule is Cc1noc(C)c1NC(=O)Nc1ccc2c(c1)C(N1CCN(C(=O)c3ccc4[nH]ccc4c3)CC1)c1ccccc1-2. The lowest BCUT2D eigenvalue weighted by atomic mass is 10.0. The highest BCUT2D eigenvalue weighted by molar-refractivity contribution is 6.01. The Kier molecular flexibility index (Phi) is 6.09. The Morgan fingerprint density at radius 3 is 2.51 bits per heavy atom. The van der Waals surface area contributed by atoms with Crippen LogP contribution in [0.4, 0.5) is 16.2 Å². The number of amides is 3. The molecular weight excluding hydrogens is 516 g/mol. The molecule has 0 bridgehead atoms. The summed E-state index contributed by atoms with van der Waals surface area (Å²) in [5.74, 6) is 0.625. The molecule has 0 saturated carbocycles. The lowest BCUT2D eigenvalue weighted by Gasteiger charge is -2.38. The maximum absolute atomic E-state index is 13.3. The molecule has 206 valence electrons. The molecule has 9 heteroatoms. The van der Waals surface area contributed by atoms with Gasteiger partial charge in [0.2, 0.25) is 0 Å². The fourth-order valence-electron chi connectivity index (χ4n) is 6.14. The van der Waals surface area contributed by atoms with Gasteiger partial charge < -0.3 is 25.0 Å². The van der Waals surface area contributed by atoms with Gasteiger partial charge in [0.05, 0.1) is 6.04 Å². The summed E-state index contributed by atoms with van der Waals surface area (Å²) < 4.78 is 5.16. The smallest absolute Gasteiger partial charge is 0.323 e. The number of aromatic nitrogens is 2. The van der Waals surface area contributed by atoms with Crippen LogP contribution in [0.3, 0.4) is 0 Å². The number of nitrogens with zero attached hydrogens (tertiary/aromatic N) is 3. The topological polar surface area (TPSA) is 106 Å². The zero-order chi connectivity index (χ0) is 28.1. The maximum atomic E-state index is 13.3. The van der Waals surface area contributed by atoms with E-state index in [-0.39, 0.29) is 18.0 Å². The molecule has 3 N–H and O–H groups in total. The van der Waals surface area contributed by atoms with Gasteiger partial charge in [-0.3, -0.25) is 9.69 Å². The number of urea groups is 1. The predicted octanol–water partition coefficient (Wildman–Crippen LogP) is 5.94. The first kappa shape index (κ1) is 25.1. The Hall–Kier alpha value is -4.89. The van der Waals surface area contributed by atoms with Crippen molar-refractivity contribution in [2.24, 2.45) is 0 Å². The molecule has 2 aliphatic rings. The van der Waals surface area contributed by atoms with Crippen molar-refractivity contribution in [2.75, 3.05) is 36.8 Å². The van der Waals surface area contributed by atoms with Gasteiger partial charge in [0.15, 0.2) is 5.76 Å². The van der Waals surface area contributed by atoms with Crippen molar-refractivity contribution >= 4 is 34.2 Å². The minimum absolute atomic E-state index is 0.0435. The van der Waals surface area contributed by atoms with Crippen molar-refractivity contribution in [1.82, 2.24) is 19.9 Å². The molecule has 3 amide bonds. The molecule has 1 fully saturated rings. The first-order valence-electron chi connectivity index (χ1n) is 13.8. The highest BCUT2D eigenvalue weighted by atomic mass is 16.5. The van der Waals surface area contributed by atoms with Gasteiger partial charge in [0.25, 0.3) is 5.91 Å². The van der Waals surface area contributed by atoms with E-state index >= 15 is 0 Å². The van der Waals surface area contributed by atoms with Gasteiger partial charge in [-0.25, -0.2) is 4.79 Å². The lowest BCUT2D eigenvalue weighted by molar-refractivity contribution is 0.0600. The molecule has 5 aromatic rings. The third-order valence-electron chi connectivity index (χ3n) is 8.19. The number of aromatic amines is 1. The van der Waals surface area contributed by atoms with Crippen molar-refractivity contribution in [1.29, 1.82) is 0 Å². The number of carbonyl (C=O) groups excluding carboxylic acids is 2. The van der Waals surface area contributed by atoms with Gasteiger partial charge in [-0.15, -0.1) is 0 Å². The molecule has 1 unspecified atom stereocenters. The van der Waals surface area contributed by atoms with Crippen molar-refractivity contribution < 1.29 is 14.1 Å². The molecule has 41 heavy (non-hydrogen) atoms. The van der Waals surface area contributed by atoms with Gasteiger partial charge in [-0.1, -0.05) is 35.5 Å². The van der Waals surface area contributed by atoms with Gasteiger partial charge >= 0.3 is 6.03 Å². The van der Waals surface area contributed by atoms with Gasteiger partial charge in [0.1, 0.15) is 11.4 Å². The van der Waals surface area contributed by atoms with Gasteiger partial charge in [0, 0.05) is 54.5 Å². The molecule has 7 rings (SSSR count). The van der Waals surface area contributed by atoms with Crippen LogP contribution < -0.4 is 10.6 Å². The summed E-state index contributed by atoms with van der Waals surface area (Å²) in [7, 11) is 0. The van der Waals surface area contributed by atoms with Crippen molar-refractivity contribution in [3.05, 3.63) is 101 Å². The highest BCUT2D eigenvalue weighted by Gasteiger charge is 2.35. The molecule has 1 saturated heterocycles. The van der Waals surface area contributed by atoms with Crippen LogP contribution in [0.25, 0.3) is 22.0 Å². The molecule has 1 atom stereocenters. The van der Waals surface area contributed by atoms with Crippen LogP contribution in [0.1, 0.15) is 39.0 Å². The summed E-state index contributed by atoms with van der Waals surface area (Å²) in [6, 6.07) is 22.1. The van der Waals surface area contributed by atoms with E-state index in [2.05, 4.69) is 62.1 Å².